The largest absolute Gasteiger partial charge is 0.495 e. The molecule has 0 aliphatic carbocycles. The molecule has 0 spiro atoms. The van der Waals surface area contributed by atoms with Gasteiger partial charge in [-0.3, -0.25) is 0 Å². The summed E-state index contributed by atoms with van der Waals surface area (Å²) >= 11 is 3.38. The number of likely N-dealkylation sites (tertiary alicyclic amines) is 1. The van der Waals surface area contributed by atoms with E-state index >= 15 is 0 Å². The molecule has 1 saturated heterocycles. The van der Waals surface area contributed by atoms with Gasteiger partial charge < -0.3 is 15.0 Å². The Balaban J connectivity index is 2.11. The number of carbonyl (C=O) groups is 1. The zero-order valence-electron chi connectivity index (χ0n) is 9.70. The van der Waals surface area contributed by atoms with Gasteiger partial charge in [-0.25, -0.2) is 4.79 Å². The first-order chi connectivity index (χ1) is 8.20. The maximum atomic E-state index is 11.9. The number of hydrogen-bond acceptors (Lipinski definition) is 2. The van der Waals surface area contributed by atoms with E-state index in [1.807, 2.05) is 23.1 Å². The lowest BCUT2D eigenvalue weighted by Gasteiger charge is -2.17. The minimum absolute atomic E-state index is 0.0566. The zero-order valence-corrected chi connectivity index (χ0v) is 11.3. The van der Waals surface area contributed by atoms with E-state index in [0.29, 0.717) is 11.4 Å². The van der Waals surface area contributed by atoms with Crippen molar-refractivity contribution in [2.75, 3.05) is 25.5 Å². The highest BCUT2D eigenvalue weighted by Crippen LogP contribution is 2.28. The van der Waals surface area contributed by atoms with Crippen LogP contribution in [0.3, 0.4) is 0 Å². The molecule has 1 aromatic rings. The van der Waals surface area contributed by atoms with Gasteiger partial charge in [-0.05, 0) is 31.0 Å². The van der Waals surface area contributed by atoms with Crippen molar-refractivity contribution in [1.82, 2.24) is 4.90 Å². The standard InChI is InChI=1S/C12H15BrN2O2/c1-17-11-5-4-9(13)8-10(11)14-12(16)15-6-2-3-7-15/h4-5,8H,2-3,6-7H2,1H3,(H,14,16). The molecule has 0 atom stereocenters. The Bertz CT molecular complexity index is 417. The highest BCUT2D eigenvalue weighted by atomic mass is 79.9. The molecule has 0 aromatic heterocycles. The van der Waals surface area contributed by atoms with E-state index in [9.17, 15) is 4.79 Å². The molecule has 2 rings (SSSR count). The summed E-state index contributed by atoms with van der Waals surface area (Å²) in [5, 5.41) is 2.88. The number of carbonyl (C=O) groups excluding carboxylic acids is 1. The third kappa shape index (κ3) is 2.91. The summed E-state index contributed by atoms with van der Waals surface area (Å²) in [6.07, 6.45) is 2.17. The number of halogens is 1. The second-order valence-corrected chi connectivity index (χ2v) is 4.88. The summed E-state index contributed by atoms with van der Waals surface area (Å²) in [6, 6.07) is 5.49. The van der Waals surface area contributed by atoms with Crippen LogP contribution in [0.15, 0.2) is 22.7 Å². The van der Waals surface area contributed by atoms with Gasteiger partial charge in [-0.1, -0.05) is 15.9 Å². The minimum atomic E-state index is -0.0566. The highest BCUT2D eigenvalue weighted by Gasteiger charge is 2.18. The first-order valence-corrected chi connectivity index (χ1v) is 6.39. The second kappa shape index (κ2) is 5.40. The third-order valence-corrected chi connectivity index (χ3v) is 3.29. The molecular weight excluding hydrogens is 284 g/mol. The number of nitrogens with zero attached hydrogens (tertiary/aromatic N) is 1. The van der Waals surface area contributed by atoms with Gasteiger partial charge >= 0.3 is 6.03 Å². The van der Waals surface area contributed by atoms with Crippen LogP contribution in [0.2, 0.25) is 0 Å². The molecule has 1 fully saturated rings. The molecule has 0 saturated carbocycles. The molecule has 4 nitrogen and oxygen atoms in total. The van der Waals surface area contributed by atoms with E-state index in [-0.39, 0.29) is 6.03 Å². The van der Waals surface area contributed by atoms with Crippen LogP contribution in [0.5, 0.6) is 5.75 Å². The Morgan fingerprint density at radius 2 is 2.12 bits per heavy atom. The van der Waals surface area contributed by atoms with E-state index in [4.69, 9.17) is 4.74 Å². The van der Waals surface area contributed by atoms with Crippen LogP contribution < -0.4 is 10.1 Å². The molecule has 0 radical (unpaired) electrons. The molecule has 1 aromatic carbocycles. The summed E-state index contributed by atoms with van der Waals surface area (Å²) in [4.78, 5) is 13.8. The van der Waals surface area contributed by atoms with Gasteiger partial charge in [0.05, 0.1) is 12.8 Å². The third-order valence-electron chi connectivity index (χ3n) is 2.80. The van der Waals surface area contributed by atoms with Crippen LogP contribution in [-0.2, 0) is 0 Å². The second-order valence-electron chi connectivity index (χ2n) is 3.97. The Morgan fingerprint density at radius 3 is 2.76 bits per heavy atom. The van der Waals surface area contributed by atoms with Gasteiger partial charge in [0.25, 0.3) is 0 Å². The summed E-state index contributed by atoms with van der Waals surface area (Å²) in [5.41, 5.74) is 0.693. The molecule has 0 unspecified atom stereocenters. The molecule has 2 amide bonds. The van der Waals surface area contributed by atoms with Crippen LogP contribution in [0.25, 0.3) is 0 Å². The number of methoxy groups -OCH3 is 1. The first kappa shape index (κ1) is 12.2. The Kier molecular flexibility index (Phi) is 3.89. The maximum absolute atomic E-state index is 11.9. The van der Waals surface area contributed by atoms with Crippen molar-refractivity contribution in [3.05, 3.63) is 22.7 Å². The molecular formula is C12H15BrN2O2. The number of ether oxygens (including phenoxy) is 1. The van der Waals surface area contributed by atoms with Crippen molar-refractivity contribution >= 4 is 27.6 Å². The van der Waals surface area contributed by atoms with Crippen molar-refractivity contribution in [2.45, 2.75) is 12.8 Å². The van der Waals surface area contributed by atoms with Gasteiger partial charge in [0.2, 0.25) is 0 Å². The van der Waals surface area contributed by atoms with Crippen molar-refractivity contribution in [3.63, 3.8) is 0 Å². The molecule has 1 heterocycles. The SMILES string of the molecule is COc1ccc(Br)cc1NC(=O)N1CCCC1. The van der Waals surface area contributed by atoms with Gasteiger partial charge in [0, 0.05) is 17.6 Å². The Morgan fingerprint density at radius 1 is 1.41 bits per heavy atom. The fourth-order valence-electron chi connectivity index (χ4n) is 1.89. The monoisotopic (exact) mass is 298 g/mol. The van der Waals surface area contributed by atoms with Gasteiger partial charge in [-0.15, -0.1) is 0 Å². The van der Waals surface area contributed by atoms with E-state index in [1.165, 1.54) is 0 Å². The van der Waals surface area contributed by atoms with E-state index in [0.717, 1.165) is 30.4 Å². The fraction of sp³-hybridized carbons (Fsp3) is 0.417. The lowest BCUT2D eigenvalue weighted by atomic mass is 10.3. The Labute approximate surface area is 109 Å². The lowest BCUT2D eigenvalue weighted by molar-refractivity contribution is 0.222. The fourth-order valence-corrected chi connectivity index (χ4v) is 2.25. The topological polar surface area (TPSA) is 41.6 Å². The van der Waals surface area contributed by atoms with Crippen LogP contribution in [0.4, 0.5) is 10.5 Å². The van der Waals surface area contributed by atoms with Crippen molar-refractivity contribution < 1.29 is 9.53 Å². The van der Waals surface area contributed by atoms with E-state index in [2.05, 4.69) is 21.2 Å². The minimum Gasteiger partial charge on any atom is -0.495 e. The Hall–Kier alpha value is -1.23. The van der Waals surface area contributed by atoms with Crippen LogP contribution >= 0.6 is 15.9 Å². The van der Waals surface area contributed by atoms with E-state index < -0.39 is 0 Å². The van der Waals surface area contributed by atoms with E-state index in [1.54, 1.807) is 7.11 Å². The van der Waals surface area contributed by atoms with Crippen molar-refractivity contribution in [2.24, 2.45) is 0 Å². The number of urea groups is 1. The maximum Gasteiger partial charge on any atom is 0.321 e. The molecule has 0 bridgehead atoms. The predicted octanol–water partition coefficient (Wildman–Crippen LogP) is 3.09. The van der Waals surface area contributed by atoms with Crippen molar-refractivity contribution in [1.29, 1.82) is 0 Å². The quantitative estimate of drug-likeness (QED) is 0.911. The lowest BCUT2D eigenvalue weighted by Crippen LogP contribution is -2.32. The molecule has 92 valence electrons. The number of benzene rings is 1. The zero-order chi connectivity index (χ0) is 12.3. The molecule has 17 heavy (non-hydrogen) atoms. The van der Waals surface area contributed by atoms with Crippen LogP contribution in [-0.4, -0.2) is 31.1 Å². The summed E-state index contributed by atoms with van der Waals surface area (Å²) < 4.78 is 6.12. The average molecular weight is 299 g/mol. The number of nitrogens with one attached hydrogen (secondary N) is 1. The van der Waals surface area contributed by atoms with Crippen LogP contribution in [0, 0.1) is 0 Å². The summed E-state index contributed by atoms with van der Waals surface area (Å²) in [7, 11) is 1.59. The van der Waals surface area contributed by atoms with Gasteiger partial charge in [-0.2, -0.15) is 0 Å². The first-order valence-electron chi connectivity index (χ1n) is 5.60. The summed E-state index contributed by atoms with van der Waals surface area (Å²) in [5.74, 6) is 0.667. The number of amides is 2. The van der Waals surface area contributed by atoms with Gasteiger partial charge in [0.1, 0.15) is 5.75 Å². The van der Waals surface area contributed by atoms with Crippen molar-refractivity contribution in [3.8, 4) is 5.75 Å². The molecule has 1 aliphatic heterocycles. The molecule has 1 N–H and O–H groups in total. The number of rotatable bonds is 2. The average Bonchev–Trinajstić information content (AvgIpc) is 2.83. The van der Waals surface area contributed by atoms with Crippen LogP contribution in [0.1, 0.15) is 12.8 Å². The predicted molar refractivity (Wildman–Crippen MR) is 70.5 cm³/mol. The molecule has 1 aliphatic rings. The summed E-state index contributed by atoms with van der Waals surface area (Å²) in [6.45, 7) is 1.67. The smallest absolute Gasteiger partial charge is 0.321 e. The normalized spacial score (nSPS) is 14.8. The number of anilines is 1. The van der Waals surface area contributed by atoms with Gasteiger partial charge in [0.15, 0.2) is 0 Å². The highest BCUT2D eigenvalue weighted by molar-refractivity contribution is 9.10. The number of hydrogen-bond donors (Lipinski definition) is 1. The molecule has 5 heteroatoms.